The molecule has 0 aliphatic carbocycles. The second kappa shape index (κ2) is 72.8. The van der Waals surface area contributed by atoms with E-state index in [1.54, 1.807) is 0 Å². The molecule has 0 unspecified atom stereocenters. The molecule has 2 rings (SSSR count). The normalized spacial score (nSPS) is 24.0. The SMILES string of the molecule is CCC[C@@H]1NC(=O)[C@H](CCN)NC(=O)[C@H](CC(C)C)CC(=O)[C@@H](CC(C)C)NC(=O)[C@H](CCN)NC(=O)[C@@H](NC(=O)[C@@H](CCN)NC(=O)C[C@H](O)CCCCC(C)C)CCNC(=O)[C@H](CC(C)C)NC1=O.CCC[C@@H]1NC(=O)[C@H](CCN)NC(=O)[C@H](CC(C)C)CC(=O)[C@@H](CC(C)C)NC(=O)[C@H](CCN)NC(=O)[C@@H](NC(=O)[C@@H](CCN)NC(=O)C[C@H](O)CCCC[C@@H](C)CC)CCNC(=O)[C@H](CC(C)C)NC1=O. The average Bonchev–Trinajstić information content (AvgIpc) is 1.69. The third-order valence-electron chi connectivity index (χ3n) is 25.0. The summed E-state index contributed by atoms with van der Waals surface area (Å²) in [6.45, 7) is 33.9. The van der Waals surface area contributed by atoms with Crippen LogP contribution >= 0.6 is 0 Å². The maximum Gasteiger partial charge on any atom is 0.243 e. The van der Waals surface area contributed by atoms with Crippen molar-refractivity contribution in [3.8, 4) is 0 Å². The summed E-state index contributed by atoms with van der Waals surface area (Å²) >= 11 is 0. The fourth-order valence-electron chi connectivity index (χ4n) is 17.0. The first-order valence-electron chi connectivity index (χ1n) is 52.9. The monoisotopic (exact) mass is 2030 g/mol. The van der Waals surface area contributed by atoms with Gasteiger partial charge in [0.05, 0.1) is 37.1 Å². The van der Waals surface area contributed by atoms with Gasteiger partial charge in [0, 0.05) is 37.8 Å². The van der Waals surface area contributed by atoms with Crippen LogP contribution in [-0.2, 0) is 86.3 Å². The Kier molecular flexibility index (Phi) is 66.9. The molecule has 2 aliphatic rings. The Labute approximate surface area is 850 Å². The standard InChI is InChI=1S/C51H95N11O10.C50H93N11O10/c1-10-14-36-47(68)62-42(27-32(7)8)46(67)55-24-20-40(60-48(69)37(17-21-52)56-44(65)29-35(63)16-13-12-15-33(9)11-2)51(72)59-39(19-23-54)50(71)61-41(26-31(5)6)43(64)28-34(25-30(3)4)45(66)57-38(18-22-53)49(70)58-36;1-10-13-35-46(67)61-41(26-32(8)9)45(66)54-23-19-39(59-47(68)36(16-20-51)55-43(64)28-34(62)15-12-11-14-29(2)3)50(71)58-38(18-22-53)49(70)60-40(25-31(6)7)42(63)27-33(24-30(4)5)44(65)56-37(17-21-52)48(69)57-35/h30-42,63H,10-29,52-54H2,1-9H3,(H,55,67)(H,56,65)(H,57,66)(H,58,70)(H,59,72)(H,60,69)(H,61,71)(H,62,68);29-41,62H,10-28,51-53H2,1-9H3,(H,54,66)(H,55,64)(H,56,65)(H,57,69)(H,58,71)(H,59,68)(H,60,70)(H,61,67)/t33-,34+,35+,36-,37+,38-,39-,40-,41+,42-;33-,34-,35+,36-,37+,38+,39+,40-,41+/m01/s1. The zero-order valence-electron chi connectivity index (χ0n) is 89.3. The summed E-state index contributed by atoms with van der Waals surface area (Å²) in [6.07, 6.45) is 6.04. The Morgan fingerprint density at radius 3 is 0.853 bits per heavy atom. The van der Waals surface area contributed by atoms with E-state index >= 15 is 0 Å². The Morgan fingerprint density at radius 1 is 0.308 bits per heavy atom. The highest BCUT2D eigenvalue weighted by Gasteiger charge is 2.41. The van der Waals surface area contributed by atoms with E-state index in [0.717, 1.165) is 44.9 Å². The summed E-state index contributed by atoms with van der Waals surface area (Å²) in [5.74, 6) is -13.1. The van der Waals surface area contributed by atoms with Crippen LogP contribution < -0.4 is 119 Å². The lowest BCUT2D eigenvalue weighted by atomic mass is 9.87. The molecule has 2 aliphatic heterocycles. The predicted molar refractivity (Wildman–Crippen MR) is 550 cm³/mol. The van der Waals surface area contributed by atoms with E-state index < -0.39 is 215 Å². The second-order valence-electron chi connectivity index (χ2n) is 41.9. The molecular formula is C101H188N22O20. The fraction of sp³-hybridized carbons (Fsp3) is 0.822. The molecule has 0 aromatic heterocycles. The highest BCUT2D eigenvalue weighted by molar-refractivity contribution is 6.01. The molecule has 42 nitrogen and oxygen atoms in total. The molecule has 822 valence electrons. The van der Waals surface area contributed by atoms with E-state index in [1.807, 2.05) is 96.9 Å². The van der Waals surface area contributed by atoms with E-state index in [4.69, 9.17) is 34.4 Å². The minimum atomic E-state index is -1.42. The summed E-state index contributed by atoms with van der Waals surface area (Å²) in [5.41, 5.74) is 35.4. The number of carbonyl (C=O) groups excluding carboxylic acids is 18. The number of ketones is 2. The second-order valence-corrected chi connectivity index (χ2v) is 41.9. The van der Waals surface area contributed by atoms with Crippen LogP contribution in [0.3, 0.4) is 0 Å². The van der Waals surface area contributed by atoms with Crippen LogP contribution in [0.25, 0.3) is 0 Å². The summed E-state index contributed by atoms with van der Waals surface area (Å²) in [5, 5.41) is 64.8. The number of hydrogen-bond donors (Lipinski definition) is 24. The van der Waals surface area contributed by atoms with Gasteiger partial charge in [0.2, 0.25) is 94.5 Å². The summed E-state index contributed by atoms with van der Waals surface area (Å²) in [4.78, 5) is 251. The lowest BCUT2D eigenvalue weighted by Gasteiger charge is -2.28. The zero-order chi connectivity index (χ0) is 108. The largest absolute Gasteiger partial charge is 0.393 e. The van der Waals surface area contributed by atoms with E-state index in [0.29, 0.717) is 37.5 Å². The van der Waals surface area contributed by atoms with Gasteiger partial charge in [-0.05, 0) is 202 Å². The van der Waals surface area contributed by atoms with E-state index in [-0.39, 0.29) is 216 Å². The maximum atomic E-state index is 14.3. The van der Waals surface area contributed by atoms with E-state index in [1.165, 1.54) is 0 Å². The predicted octanol–water partition coefficient (Wildman–Crippen LogP) is 1.25. The smallest absolute Gasteiger partial charge is 0.243 e. The number of nitrogens with one attached hydrogen (secondary N) is 16. The molecule has 0 bridgehead atoms. The average molecular weight is 2030 g/mol. The van der Waals surface area contributed by atoms with Gasteiger partial charge in [-0.1, -0.05) is 182 Å². The molecule has 19 atom stereocenters. The van der Waals surface area contributed by atoms with Crippen LogP contribution in [0.1, 0.15) is 324 Å². The maximum absolute atomic E-state index is 14.3. The quantitative estimate of drug-likeness (QED) is 0.0381. The number of Topliss-reactive ketones (excluding diaryl/α,β-unsaturated/α-hetero) is 2. The van der Waals surface area contributed by atoms with Crippen molar-refractivity contribution >= 4 is 106 Å². The molecule has 0 aromatic carbocycles. The van der Waals surface area contributed by atoms with Crippen LogP contribution in [0.2, 0.25) is 0 Å². The van der Waals surface area contributed by atoms with Crippen molar-refractivity contribution < 1.29 is 96.5 Å². The first kappa shape index (κ1) is 132. The summed E-state index contributed by atoms with van der Waals surface area (Å²) in [6, 6.07) is -16.8. The van der Waals surface area contributed by atoms with Crippen LogP contribution in [0.4, 0.5) is 0 Å². The number of rotatable bonds is 49. The highest BCUT2D eigenvalue weighted by atomic mass is 16.3. The number of aliphatic hydroxyl groups excluding tert-OH is 2. The van der Waals surface area contributed by atoms with Gasteiger partial charge < -0.3 is 130 Å². The Morgan fingerprint density at radius 2 is 0.573 bits per heavy atom. The van der Waals surface area contributed by atoms with Gasteiger partial charge in [-0.2, -0.15) is 0 Å². The molecule has 30 N–H and O–H groups in total. The molecule has 16 amide bonds. The van der Waals surface area contributed by atoms with Gasteiger partial charge in [-0.25, -0.2) is 0 Å². The van der Waals surface area contributed by atoms with Gasteiger partial charge in [0.15, 0.2) is 11.6 Å². The van der Waals surface area contributed by atoms with E-state index in [2.05, 4.69) is 113 Å². The Bertz CT molecular complexity index is 3890. The topological polar surface area (TPSA) is 696 Å². The van der Waals surface area contributed by atoms with Crippen molar-refractivity contribution in [3.63, 3.8) is 0 Å². The molecule has 0 spiro atoms. The number of nitrogens with two attached hydrogens (primary N) is 6. The van der Waals surface area contributed by atoms with Gasteiger partial charge in [-0.3, -0.25) is 86.3 Å². The number of amides is 16. The third kappa shape index (κ3) is 55.1. The van der Waals surface area contributed by atoms with Crippen molar-refractivity contribution in [2.45, 2.75) is 420 Å². The summed E-state index contributed by atoms with van der Waals surface area (Å²) in [7, 11) is 0. The molecule has 0 saturated carbocycles. The van der Waals surface area contributed by atoms with Gasteiger partial charge in [-0.15, -0.1) is 0 Å². The van der Waals surface area contributed by atoms with E-state index in [9.17, 15) is 96.5 Å². The van der Waals surface area contributed by atoms with Crippen molar-refractivity contribution in [1.82, 2.24) is 85.1 Å². The molecule has 2 saturated heterocycles. The molecule has 2 fully saturated rings. The minimum absolute atomic E-state index is 0.00960. The number of unbranched alkanes of at least 4 members (excludes halogenated alkanes) is 2. The van der Waals surface area contributed by atoms with Crippen molar-refractivity contribution in [1.29, 1.82) is 0 Å². The molecular weight excluding hydrogens is 1840 g/mol. The Hall–Kier alpha value is -9.46. The molecule has 143 heavy (non-hydrogen) atoms. The first-order chi connectivity index (χ1) is 67.4. The van der Waals surface area contributed by atoms with Crippen molar-refractivity contribution in [3.05, 3.63) is 0 Å². The molecule has 2 heterocycles. The minimum Gasteiger partial charge on any atom is -0.393 e. The third-order valence-corrected chi connectivity index (χ3v) is 25.0. The van der Waals surface area contributed by atoms with Crippen LogP contribution in [-0.4, -0.2) is 265 Å². The lowest BCUT2D eigenvalue weighted by Crippen LogP contribution is -2.59. The number of hydrogen-bond acceptors (Lipinski definition) is 26. The number of aliphatic hydroxyl groups is 2. The molecule has 0 radical (unpaired) electrons. The van der Waals surface area contributed by atoms with Crippen LogP contribution in [0.15, 0.2) is 0 Å². The molecule has 42 heteroatoms. The van der Waals surface area contributed by atoms with Crippen molar-refractivity contribution in [2.75, 3.05) is 52.4 Å². The zero-order valence-corrected chi connectivity index (χ0v) is 89.3. The van der Waals surface area contributed by atoms with Crippen LogP contribution in [0.5, 0.6) is 0 Å². The Balaban J connectivity index is 0.00000143. The van der Waals surface area contributed by atoms with Gasteiger partial charge in [0.25, 0.3) is 0 Å². The first-order valence-corrected chi connectivity index (χ1v) is 52.9. The van der Waals surface area contributed by atoms with Crippen LogP contribution in [0, 0.1) is 59.2 Å². The van der Waals surface area contributed by atoms with Crippen molar-refractivity contribution in [2.24, 2.45) is 93.6 Å². The van der Waals surface area contributed by atoms with Gasteiger partial charge in [0.1, 0.15) is 72.5 Å². The highest BCUT2D eigenvalue weighted by Crippen LogP contribution is 2.25. The number of carbonyl (C=O) groups is 18. The fourth-order valence-corrected chi connectivity index (χ4v) is 17.0. The van der Waals surface area contributed by atoms with Gasteiger partial charge >= 0.3 is 0 Å². The molecule has 0 aromatic rings. The lowest BCUT2D eigenvalue weighted by molar-refractivity contribution is -0.136. The summed E-state index contributed by atoms with van der Waals surface area (Å²) < 4.78 is 0.